The average molecular weight is 321 g/mol. The van der Waals surface area contributed by atoms with Crippen LogP contribution in [0.3, 0.4) is 0 Å². The number of aliphatic hydroxyl groups is 1. The number of carbonyl (C=O) groups is 1. The van der Waals surface area contributed by atoms with Crippen LogP contribution in [0, 0.1) is 10.1 Å². The highest BCUT2D eigenvalue weighted by Gasteiger charge is 2.27. The highest BCUT2D eigenvalue weighted by atomic mass is 16.6. The van der Waals surface area contributed by atoms with Gasteiger partial charge in [0.25, 0.3) is 11.6 Å². The Morgan fingerprint density at radius 1 is 1.48 bits per heavy atom. The summed E-state index contributed by atoms with van der Waals surface area (Å²) in [6.45, 7) is 5.63. The fourth-order valence-corrected chi connectivity index (χ4v) is 2.36. The number of carbonyl (C=O) groups excluding carboxylic acids is 1. The van der Waals surface area contributed by atoms with Crippen molar-refractivity contribution in [1.82, 2.24) is 4.90 Å². The highest BCUT2D eigenvalue weighted by molar-refractivity contribution is 5.95. The van der Waals surface area contributed by atoms with Gasteiger partial charge in [-0.25, -0.2) is 0 Å². The van der Waals surface area contributed by atoms with Gasteiger partial charge in [-0.1, -0.05) is 0 Å². The summed E-state index contributed by atoms with van der Waals surface area (Å²) in [5.74, 6) is -0.323. The van der Waals surface area contributed by atoms with Gasteiger partial charge < -0.3 is 15.3 Å². The average Bonchev–Trinajstić information content (AvgIpc) is 3.27. The van der Waals surface area contributed by atoms with Crippen LogP contribution in [0.25, 0.3) is 0 Å². The summed E-state index contributed by atoms with van der Waals surface area (Å²) in [5, 5.41) is 24.3. The zero-order valence-electron chi connectivity index (χ0n) is 13.7. The molecule has 1 fully saturated rings. The summed E-state index contributed by atoms with van der Waals surface area (Å²) < 4.78 is 0. The van der Waals surface area contributed by atoms with Crippen molar-refractivity contribution in [3.63, 3.8) is 0 Å². The SMILES string of the molecule is CCN(CC(C)(C)O)C(=O)c1ccc(NC2CC2)c([N+](=O)[O-])c1. The lowest BCUT2D eigenvalue weighted by atomic mass is 10.1. The molecule has 0 bridgehead atoms. The van der Waals surface area contributed by atoms with Gasteiger partial charge in [0, 0.05) is 30.8 Å². The number of nitro benzene ring substituents is 1. The number of hydrogen-bond donors (Lipinski definition) is 2. The van der Waals surface area contributed by atoms with Gasteiger partial charge >= 0.3 is 0 Å². The summed E-state index contributed by atoms with van der Waals surface area (Å²) >= 11 is 0. The molecule has 0 saturated heterocycles. The first-order chi connectivity index (χ1) is 10.7. The van der Waals surface area contributed by atoms with Crippen LogP contribution in [0.2, 0.25) is 0 Å². The van der Waals surface area contributed by atoms with Crippen molar-refractivity contribution in [3.8, 4) is 0 Å². The smallest absolute Gasteiger partial charge is 0.293 e. The monoisotopic (exact) mass is 321 g/mol. The van der Waals surface area contributed by atoms with E-state index in [9.17, 15) is 20.0 Å². The van der Waals surface area contributed by atoms with E-state index in [1.54, 1.807) is 32.9 Å². The van der Waals surface area contributed by atoms with Crippen LogP contribution >= 0.6 is 0 Å². The standard InChI is InChI=1S/C16H23N3O4/c1-4-18(10-16(2,3)21)15(20)11-5-8-13(17-12-6-7-12)14(9-11)19(22)23/h5,8-9,12,17,21H,4,6-7,10H2,1-3H3. The van der Waals surface area contributed by atoms with E-state index in [1.807, 2.05) is 0 Å². The van der Waals surface area contributed by atoms with E-state index >= 15 is 0 Å². The van der Waals surface area contributed by atoms with E-state index in [-0.39, 0.29) is 29.7 Å². The molecular formula is C16H23N3O4. The van der Waals surface area contributed by atoms with Crippen LogP contribution in [0.5, 0.6) is 0 Å². The number of benzene rings is 1. The van der Waals surface area contributed by atoms with E-state index < -0.39 is 10.5 Å². The Morgan fingerprint density at radius 2 is 2.13 bits per heavy atom. The van der Waals surface area contributed by atoms with Crippen molar-refractivity contribution in [3.05, 3.63) is 33.9 Å². The first kappa shape index (κ1) is 17.2. The summed E-state index contributed by atoms with van der Waals surface area (Å²) in [6, 6.07) is 4.77. The molecule has 0 heterocycles. The Balaban J connectivity index is 2.25. The van der Waals surface area contributed by atoms with Crippen LogP contribution in [-0.2, 0) is 0 Å². The zero-order chi connectivity index (χ0) is 17.2. The number of nitro groups is 1. The molecule has 1 amide bonds. The Labute approximate surface area is 135 Å². The first-order valence-corrected chi connectivity index (χ1v) is 7.78. The maximum atomic E-state index is 12.5. The molecule has 1 aromatic carbocycles. The summed E-state index contributed by atoms with van der Waals surface area (Å²) in [6.07, 6.45) is 2.01. The largest absolute Gasteiger partial charge is 0.389 e. The van der Waals surface area contributed by atoms with Gasteiger partial charge in [0.2, 0.25) is 0 Å². The van der Waals surface area contributed by atoms with Crippen LogP contribution in [0.4, 0.5) is 11.4 Å². The minimum atomic E-state index is -1.02. The second-order valence-corrected chi connectivity index (χ2v) is 6.54. The number of rotatable bonds is 7. The number of nitrogens with zero attached hydrogens (tertiary/aromatic N) is 2. The molecule has 7 heteroatoms. The molecule has 0 aromatic heterocycles. The summed E-state index contributed by atoms with van der Waals surface area (Å²) in [4.78, 5) is 24.8. The van der Waals surface area contributed by atoms with Gasteiger partial charge in [0.05, 0.1) is 10.5 Å². The molecule has 0 radical (unpaired) electrons. The van der Waals surface area contributed by atoms with Crippen molar-refractivity contribution in [2.75, 3.05) is 18.4 Å². The lowest BCUT2D eigenvalue weighted by Crippen LogP contribution is -2.42. The lowest BCUT2D eigenvalue weighted by molar-refractivity contribution is -0.384. The number of nitrogens with one attached hydrogen (secondary N) is 1. The van der Waals surface area contributed by atoms with E-state index in [0.717, 1.165) is 12.8 Å². The summed E-state index contributed by atoms with van der Waals surface area (Å²) in [7, 11) is 0. The van der Waals surface area contributed by atoms with Crippen LogP contribution < -0.4 is 5.32 Å². The first-order valence-electron chi connectivity index (χ1n) is 7.78. The fraction of sp³-hybridized carbons (Fsp3) is 0.562. The second-order valence-electron chi connectivity index (χ2n) is 6.54. The van der Waals surface area contributed by atoms with Gasteiger partial charge in [0.1, 0.15) is 5.69 Å². The van der Waals surface area contributed by atoms with Crippen LogP contribution in [0.15, 0.2) is 18.2 Å². The molecule has 0 atom stereocenters. The Kier molecular flexibility index (Phi) is 4.89. The summed E-state index contributed by atoms with van der Waals surface area (Å²) in [5.41, 5.74) is -0.420. The maximum Gasteiger partial charge on any atom is 0.293 e. The van der Waals surface area contributed by atoms with Crippen LogP contribution in [0.1, 0.15) is 44.0 Å². The topological polar surface area (TPSA) is 95.7 Å². The van der Waals surface area contributed by atoms with Crippen molar-refractivity contribution in [2.45, 2.75) is 45.3 Å². The fourth-order valence-electron chi connectivity index (χ4n) is 2.36. The molecule has 2 rings (SSSR count). The third-order valence-corrected chi connectivity index (χ3v) is 3.63. The number of amides is 1. The normalized spacial score (nSPS) is 14.4. The molecule has 0 spiro atoms. The molecule has 7 nitrogen and oxygen atoms in total. The molecule has 0 aliphatic heterocycles. The third kappa shape index (κ3) is 4.66. The van der Waals surface area contributed by atoms with Gasteiger partial charge in [-0.15, -0.1) is 0 Å². The Hall–Kier alpha value is -2.15. The van der Waals surface area contributed by atoms with E-state index in [0.29, 0.717) is 12.2 Å². The maximum absolute atomic E-state index is 12.5. The third-order valence-electron chi connectivity index (χ3n) is 3.63. The molecule has 0 unspecified atom stereocenters. The van der Waals surface area contributed by atoms with Crippen molar-refractivity contribution < 1.29 is 14.8 Å². The van der Waals surface area contributed by atoms with Crippen molar-refractivity contribution in [2.24, 2.45) is 0 Å². The minimum absolute atomic E-state index is 0.0953. The molecule has 1 aliphatic carbocycles. The van der Waals surface area contributed by atoms with Gasteiger partial charge in [-0.3, -0.25) is 14.9 Å². The quantitative estimate of drug-likeness (QED) is 0.594. The molecule has 2 N–H and O–H groups in total. The number of hydrogen-bond acceptors (Lipinski definition) is 5. The van der Waals surface area contributed by atoms with E-state index in [2.05, 4.69) is 5.32 Å². The molecule has 1 aliphatic rings. The molecule has 1 aromatic rings. The Morgan fingerprint density at radius 3 is 2.61 bits per heavy atom. The predicted octanol–water partition coefficient (Wildman–Crippen LogP) is 2.40. The van der Waals surface area contributed by atoms with Crippen LogP contribution in [-0.4, -0.2) is 45.6 Å². The minimum Gasteiger partial charge on any atom is -0.389 e. The Bertz CT molecular complexity index is 606. The van der Waals surface area contributed by atoms with Gasteiger partial charge in [-0.05, 0) is 45.7 Å². The molecular weight excluding hydrogens is 298 g/mol. The zero-order valence-corrected chi connectivity index (χ0v) is 13.7. The molecule has 126 valence electrons. The number of likely N-dealkylation sites (N-methyl/N-ethyl adjacent to an activating group) is 1. The second kappa shape index (κ2) is 6.54. The van der Waals surface area contributed by atoms with Gasteiger partial charge in [0.15, 0.2) is 0 Å². The molecule has 1 saturated carbocycles. The molecule has 23 heavy (non-hydrogen) atoms. The van der Waals surface area contributed by atoms with Crippen molar-refractivity contribution >= 4 is 17.3 Å². The lowest BCUT2D eigenvalue weighted by Gasteiger charge is -2.28. The predicted molar refractivity (Wildman–Crippen MR) is 87.6 cm³/mol. The number of anilines is 1. The van der Waals surface area contributed by atoms with Gasteiger partial charge in [-0.2, -0.15) is 0 Å². The highest BCUT2D eigenvalue weighted by Crippen LogP contribution is 2.31. The van der Waals surface area contributed by atoms with Crippen molar-refractivity contribution in [1.29, 1.82) is 0 Å². The van der Waals surface area contributed by atoms with E-state index in [4.69, 9.17) is 0 Å². The van der Waals surface area contributed by atoms with E-state index in [1.165, 1.54) is 11.0 Å².